The number of rotatable bonds is 12. The predicted molar refractivity (Wildman–Crippen MR) is 85.0 cm³/mol. The molecule has 2 amide bonds. The number of aliphatic hydroxyl groups is 1. The van der Waals surface area contributed by atoms with E-state index in [1.807, 2.05) is 0 Å². The molecule has 0 rings (SSSR count). The zero-order chi connectivity index (χ0) is 15.2. The third-order valence-electron chi connectivity index (χ3n) is 3.55. The van der Waals surface area contributed by atoms with Gasteiger partial charge >= 0.3 is 6.03 Å². The van der Waals surface area contributed by atoms with Gasteiger partial charge in [0.15, 0.2) is 0 Å². The van der Waals surface area contributed by atoms with E-state index < -0.39 is 0 Å². The Morgan fingerprint density at radius 3 is 1.80 bits per heavy atom. The van der Waals surface area contributed by atoms with Crippen molar-refractivity contribution in [1.82, 2.24) is 9.80 Å². The minimum absolute atomic E-state index is 0.00128. The molecule has 0 radical (unpaired) electrons. The molecule has 4 heteroatoms. The molecule has 0 bridgehead atoms. The standard InChI is InChI=1S/C16H34N2O2/c1-4-5-6-7-8-9-10-11-12-13-18(14-15-19)16(20)17(2)3/h19H,4-15H2,1-3H3. The predicted octanol–water partition coefficient (Wildman–Crippen LogP) is 3.49. The molecular weight excluding hydrogens is 252 g/mol. The highest BCUT2D eigenvalue weighted by molar-refractivity contribution is 5.73. The summed E-state index contributed by atoms with van der Waals surface area (Å²) in [6.45, 7) is 3.48. The number of amides is 2. The number of aliphatic hydroxyl groups excluding tert-OH is 1. The largest absolute Gasteiger partial charge is 0.395 e. The molecule has 0 heterocycles. The van der Waals surface area contributed by atoms with Crippen LogP contribution in [0.15, 0.2) is 0 Å². The number of carbonyl (C=O) groups is 1. The Morgan fingerprint density at radius 2 is 1.35 bits per heavy atom. The highest BCUT2D eigenvalue weighted by Gasteiger charge is 2.13. The maximum absolute atomic E-state index is 11.8. The van der Waals surface area contributed by atoms with Crippen molar-refractivity contribution in [3.63, 3.8) is 0 Å². The number of nitrogens with zero attached hydrogens (tertiary/aromatic N) is 2. The molecule has 0 spiro atoms. The third-order valence-corrected chi connectivity index (χ3v) is 3.55. The topological polar surface area (TPSA) is 43.8 Å². The Morgan fingerprint density at radius 1 is 0.850 bits per heavy atom. The zero-order valence-electron chi connectivity index (χ0n) is 13.7. The lowest BCUT2D eigenvalue weighted by Crippen LogP contribution is -2.41. The summed E-state index contributed by atoms with van der Waals surface area (Å²) in [7, 11) is 3.51. The molecule has 0 saturated heterocycles. The summed E-state index contributed by atoms with van der Waals surface area (Å²) in [5.41, 5.74) is 0. The number of hydrogen-bond donors (Lipinski definition) is 1. The van der Waals surface area contributed by atoms with E-state index in [1.165, 1.54) is 51.4 Å². The van der Waals surface area contributed by atoms with Crippen molar-refractivity contribution >= 4 is 6.03 Å². The van der Waals surface area contributed by atoms with E-state index in [4.69, 9.17) is 5.11 Å². The number of carbonyl (C=O) groups excluding carboxylic acids is 1. The van der Waals surface area contributed by atoms with Crippen LogP contribution in [0.3, 0.4) is 0 Å². The summed E-state index contributed by atoms with van der Waals surface area (Å²) >= 11 is 0. The number of hydrogen-bond acceptors (Lipinski definition) is 2. The van der Waals surface area contributed by atoms with Crippen LogP contribution < -0.4 is 0 Å². The van der Waals surface area contributed by atoms with Gasteiger partial charge in [0.05, 0.1) is 6.61 Å². The molecule has 20 heavy (non-hydrogen) atoms. The van der Waals surface area contributed by atoms with E-state index in [-0.39, 0.29) is 12.6 Å². The van der Waals surface area contributed by atoms with Crippen LogP contribution in [0.4, 0.5) is 4.79 Å². The van der Waals surface area contributed by atoms with E-state index in [0.29, 0.717) is 6.54 Å². The van der Waals surface area contributed by atoms with Crippen molar-refractivity contribution in [2.75, 3.05) is 33.8 Å². The van der Waals surface area contributed by atoms with E-state index >= 15 is 0 Å². The Balaban J connectivity index is 3.56. The highest BCUT2D eigenvalue weighted by atomic mass is 16.3. The van der Waals surface area contributed by atoms with E-state index in [0.717, 1.165) is 13.0 Å². The first kappa shape index (κ1) is 19.2. The summed E-state index contributed by atoms with van der Waals surface area (Å²) in [4.78, 5) is 15.2. The molecule has 0 aliphatic rings. The van der Waals surface area contributed by atoms with Gasteiger partial charge in [-0.2, -0.15) is 0 Å². The molecule has 4 nitrogen and oxygen atoms in total. The van der Waals surface area contributed by atoms with Crippen molar-refractivity contribution < 1.29 is 9.90 Å². The Labute approximate surface area is 125 Å². The molecule has 0 aromatic carbocycles. The van der Waals surface area contributed by atoms with Crippen LogP contribution in [0.25, 0.3) is 0 Å². The third kappa shape index (κ3) is 10.1. The molecule has 0 unspecified atom stereocenters. The second-order valence-electron chi connectivity index (χ2n) is 5.72. The summed E-state index contributed by atoms with van der Waals surface area (Å²) in [5, 5.41) is 9.00. The van der Waals surface area contributed by atoms with Gasteiger partial charge < -0.3 is 14.9 Å². The van der Waals surface area contributed by atoms with Gasteiger partial charge in [-0.1, -0.05) is 58.3 Å². The van der Waals surface area contributed by atoms with E-state index in [2.05, 4.69) is 6.92 Å². The quantitative estimate of drug-likeness (QED) is 0.558. The van der Waals surface area contributed by atoms with Gasteiger partial charge in [-0.3, -0.25) is 0 Å². The molecule has 0 aromatic heterocycles. The maximum atomic E-state index is 11.8. The average Bonchev–Trinajstić information content (AvgIpc) is 2.43. The van der Waals surface area contributed by atoms with Gasteiger partial charge in [0.1, 0.15) is 0 Å². The monoisotopic (exact) mass is 286 g/mol. The molecule has 0 aromatic rings. The lowest BCUT2D eigenvalue weighted by atomic mass is 10.1. The summed E-state index contributed by atoms with van der Waals surface area (Å²) in [6, 6.07) is -0.00128. The molecule has 0 aliphatic carbocycles. The van der Waals surface area contributed by atoms with Crippen molar-refractivity contribution in [1.29, 1.82) is 0 Å². The highest BCUT2D eigenvalue weighted by Crippen LogP contribution is 2.10. The lowest BCUT2D eigenvalue weighted by molar-refractivity contribution is 0.153. The van der Waals surface area contributed by atoms with Gasteiger partial charge in [0, 0.05) is 27.2 Å². The van der Waals surface area contributed by atoms with Gasteiger partial charge in [0.25, 0.3) is 0 Å². The average molecular weight is 286 g/mol. The lowest BCUT2D eigenvalue weighted by Gasteiger charge is -2.25. The molecule has 0 aliphatic heterocycles. The Bertz CT molecular complexity index is 233. The van der Waals surface area contributed by atoms with E-state index in [1.54, 1.807) is 23.9 Å². The van der Waals surface area contributed by atoms with Crippen LogP contribution in [-0.4, -0.2) is 54.7 Å². The van der Waals surface area contributed by atoms with Crippen LogP contribution in [0.2, 0.25) is 0 Å². The molecule has 120 valence electrons. The van der Waals surface area contributed by atoms with Crippen LogP contribution >= 0.6 is 0 Å². The fourth-order valence-corrected chi connectivity index (χ4v) is 2.32. The minimum Gasteiger partial charge on any atom is -0.395 e. The maximum Gasteiger partial charge on any atom is 0.319 e. The Hall–Kier alpha value is -0.770. The zero-order valence-corrected chi connectivity index (χ0v) is 13.7. The molecule has 0 atom stereocenters. The first-order valence-corrected chi connectivity index (χ1v) is 8.20. The van der Waals surface area contributed by atoms with Crippen LogP contribution in [-0.2, 0) is 0 Å². The van der Waals surface area contributed by atoms with Gasteiger partial charge in [0.2, 0.25) is 0 Å². The van der Waals surface area contributed by atoms with Gasteiger partial charge in [-0.15, -0.1) is 0 Å². The molecular formula is C16H34N2O2. The normalized spacial score (nSPS) is 10.6. The SMILES string of the molecule is CCCCCCCCCCCN(CCO)C(=O)N(C)C. The van der Waals surface area contributed by atoms with Crippen molar-refractivity contribution in [3.8, 4) is 0 Å². The first-order valence-electron chi connectivity index (χ1n) is 8.20. The molecule has 0 saturated carbocycles. The summed E-state index contributed by atoms with van der Waals surface area (Å²) < 4.78 is 0. The van der Waals surface area contributed by atoms with Crippen molar-refractivity contribution in [2.24, 2.45) is 0 Å². The number of unbranched alkanes of at least 4 members (excludes halogenated alkanes) is 8. The molecule has 1 N–H and O–H groups in total. The van der Waals surface area contributed by atoms with Crippen LogP contribution in [0, 0.1) is 0 Å². The fourth-order valence-electron chi connectivity index (χ4n) is 2.32. The smallest absolute Gasteiger partial charge is 0.319 e. The molecule has 0 fully saturated rings. The Kier molecular flexibility index (Phi) is 12.7. The fraction of sp³-hybridized carbons (Fsp3) is 0.938. The minimum atomic E-state index is -0.00128. The van der Waals surface area contributed by atoms with Gasteiger partial charge in [-0.05, 0) is 6.42 Å². The van der Waals surface area contributed by atoms with E-state index in [9.17, 15) is 4.79 Å². The van der Waals surface area contributed by atoms with Crippen LogP contribution in [0.1, 0.15) is 64.7 Å². The second-order valence-corrected chi connectivity index (χ2v) is 5.72. The number of urea groups is 1. The first-order chi connectivity index (χ1) is 9.63. The van der Waals surface area contributed by atoms with Crippen LogP contribution in [0.5, 0.6) is 0 Å². The summed E-state index contributed by atoms with van der Waals surface area (Å²) in [6.07, 6.45) is 11.5. The van der Waals surface area contributed by atoms with Gasteiger partial charge in [-0.25, -0.2) is 4.79 Å². The van der Waals surface area contributed by atoms with Crippen molar-refractivity contribution in [3.05, 3.63) is 0 Å². The van der Waals surface area contributed by atoms with Crippen molar-refractivity contribution in [2.45, 2.75) is 64.7 Å². The second kappa shape index (κ2) is 13.2. The summed E-state index contributed by atoms with van der Waals surface area (Å²) in [5.74, 6) is 0.